The van der Waals surface area contributed by atoms with Crippen molar-refractivity contribution in [2.24, 2.45) is 0 Å². The van der Waals surface area contributed by atoms with E-state index >= 15 is 0 Å². The fraction of sp³-hybridized carbons (Fsp3) is 0.533. The lowest BCUT2D eigenvalue weighted by Crippen LogP contribution is -2.52. The maximum atomic E-state index is 12.8. The van der Waals surface area contributed by atoms with Crippen molar-refractivity contribution in [1.82, 2.24) is 15.1 Å². The van der Waals surface area contributed by atoms with Crippen LogP contribution in [0.2, 0.25) is 10.0 Å². The number of nitrogens with one attached hydrogen (secondary N) is 1. The van der Waals surface area contributed by atoms with Gasteiger partial charge in [0.05, 0.1) is 0 Å². The van der Waals surface area contributed by atoms with Gasteiger partial charge in [-0.25, -0.2) is 0 Å². The molecule has 1 saturated heterocycles. The van der Waals surface area contributed by atoms with E-state index in [0.29, 0.717) is 13.1 Å². The van der Waals surface area contributed by atoms with Crippen molar-refractivity contribution in [1.29, 1.82) is 0 Å². The molecule has 1 N–H and O–H groups in total. The highest BCUT2D eigenvalue weighted by molar-refractivity contribution is 6.31. The molecule has 1 aliphatic carbocycles. The third kappa shape index (κ3) is 7.22. The van der Waals surface area contributed by atoms with E-state index in [1.54, 1.807) is 0 Å². The molecule has 38 heavy (non-hydrogen) atoms. The number of aryl methyl sites for hydroxylation is 1. The Bertz CT molecular complexity index is 1120. The SMILES string of the molecule is Cc1ccc(Cl)cc1N1CCN(C(=O)CCC(=O)NC2CCC(Cc3cccc(Cl)c3)(N(C)C)CC2)CC1. The Hall–Kier alpha value is -2.28. The Morgan fingerprint density at radius 3 is 2.32 bits per heavy atom. The van der Waals surface area contributed by atoms with E-state index in [1.807, 2.05) is 35.2 Å². The summed E-state index contributed by atoms with van der Waals surface area (Å²) in [6.45, 7) is 4.93. The molecule has 0 unspecified atom stereocenters. The van der Waals surface area contributed by atoms with Gasteiger partial charge in [-0.1, -0.05) is 41.4 Å². The van der Waals surface area contributed by atoms with Crippen LogP contribution in [0, 0.1) is 6.92 Å². The van der Waals surface area contributed by atoms with Gasteiger partial charge < -0.3 is 20.0 Å². The first-order valence-corrected chi connectivity index (χ1v) is 14.4. The van der Waals surface area contributed by atoms with E-state index < -0.39 is 0 Å². The smallest absolute Gasteiger partial charge is 0.223 e. The highest BCUT2D eigenvalue weighted by Gasteiger charge is 2.37. The third-order valence-electron chi connectivity index (χ3n) is 8.36. The number of anilines is 1. The molecule has 2 aliphatic rings. The van der Waals surface area contributed by atoms with Crippen LogP contribution < -0.4 is 10.2 Å². The molecule has 6 nitrogen and oxygen atoms in total. The second-order valence-corrected chi connectivity index (χ2v) is 11.9. The van der Waals surface area contributed by atoms with Crippen LogP contribution in [0.3, 0.4) is 0 Å². The number of hydrogen-bond acceptors (Lipinski definition) is 4. The van der Waals surface area contributed by atoms with Crippen LogP contribution in [0.15, 0.2) is 42.5 Å². The summed E-state index contributed by atoms with van der Waals surface area (Å²) >= 11 is 12.4. The number of amides is 2. The van der Waals surface area contributed by atoms with Gasteiger partial charge in [0, 0.05) is 66.3 Å². The average Bonchev–Trinajstić information content (AvgIpc) is 2.90. The normalized spacial score (nSPS) is 22.0. The topological polar surface area (TPSA) is 55.9 Å². The van der Waals surface area contributed by atoms with Gasteiger partial charge in [0.15, 0.2) is 0 Å². The number of halogens is 2. The van der Waals surface area contributed by atoms with Gasteiger partial charge in [-0.3, -0.25) is 9.59 Å². The van der Waals surface area contributed by atoms with Gasteiger partial charge in [0.1, 0.15) is 0 Å². The minimum atomic E-state index is -0.0243. The first-order valence-electron chi connectivity index (χ1n) is 13.7. The third-order valence-corrected chi connectivity index (χ3v) is 8.83. The summed E-state index contributed by atoms with van der Waals surface area (Å²) in [5, 5.41) is 4.69. The maximum absolute atomic E-state index is 12.8. The second kappa shape index (κ2) is 12.7. The number of rotatable bonds is 8. The molecular weight excluding hydrogens is 519 g/mol. The number of carbonyl (C=O) groups is 2. The summed E-state index contributed by atoms with van der Waals surface area (Å²) in [6, 6.07) is 14.2. The van der Waals surface area contributed by atoms with E-state index in [-0.39, 0.29) is 36.2 Å². The molecule has 0 bridgehead atoms. The predicted octanol–water partition coefficient (Wildman–Crippen LogP) is 5.33. The van der Waals surface area contributed by atoms with Crippen molar-refractivity contribution in [3.63, 3.8) is 0 Å². The number of benzene rings is 2. The standard InChI is InChI=1S/C30H40Cl2N4O2/c1-22-7-8-25(32)20-27(22)35-15-17-36(18-16-35)29(38)10-9-28(37)33-26-11-13-30(14-12-26,34(2)3)21-23-5-4-6-24(31)19-23/h4-8,19-20,26H,9-18,21H2,1-3H3,(H,33,37). The summed E-state index contributed by atoms with van der Waals surface area (Å²) in [5.74, 6) is 0.0307. The Labute approximate surface area is 237 Å². The summed E-state index contributed by atoms with van der Waals surface area (Å²) < 4.78 is 0. The van der Waals surface area contributed by atoms with E-state index in [2.05, 4.69) is 48.3 Å². The van der Waals surface area contributed by atoms with Crippen molar-refractivity contribution >= 4 is 40.7 Å². The number of carbonyl (C=O) groups excluding carboxylic acids is 2. The Kier molecular flexibility index (Phi) is 9.61. The largest absolute Gasteiger partial charge is 0.368 e. The summed E-state index contributed by atoms with van der Waals surface area (Å²) in [4.78, 5) is 32.0. The minimum absolute atomic E-state index is 0.0243. The minimum Gasteiger partial charge on any atom is -0.368 e. The first-order chi connectivity index (χ1) is 18.1. The summed E-state index contributed by atoms with van der Waals surface area (Å²) in [6.07, 6.45) is 5.32. The maximum Gasteiger partial charge on any atom is 0.223 e. The number of hydrogen-bond donors (Lipinski definition) is 1. The Morgan fingerprint density at radius 2 is 1.66 bits per heavy atom. The van der Waals surface area contributed by atoms with Gasteiger partial charge in [-0.15, -0.1) is 0 Å². The molecule has 2 fully saturated rings. The van der Waals surface area contributed by atoms with Gasteiger partial charge in [-0.05, 0) is 88.5 Å². The van der Waals surface area contributed by atoms with Crippen LogP contribution >= 0.6 is 23.2 Å². The molecule has 0 aromatic heterocycles. The molecule has 2 amide bonds. The zero-order valence-corrected chi connectivity index (χ0v) is 24.3. The van der Waals surface area contributed by atoms with Crippen LogP contribution in [0.4, 0.5) is 5.69 Å². The summed E-state index contributed by atoms with van der Waals surface area (Å²) in [7, 11) is 4.29. The molecule has 1 aliphatic heterocycles. The second-order valence-electron chi connectivity index (χ2n) is 11.1. The molecule has 206 valence electrons. The lowest BCUT2D eigenvalue weighted by molar-refractivity contribution is -0.134. The molecule has 0 spiro atoms. The number of likely N-dealkylation sites (N-methyl/N-ethyl adjacent to an activating group) is 1. The molecule has 2 aromatic carbocycles. The molecule has 8 heteroatoms. The quantitative estimate of drug-likeness (QED) is 0.475. The van der Waals surface area contributed by atoms with E-state index in [9.17, 15) is 9.59 Å². The zero-order chi connectivity index (χ0) is 27.3. The van der Waals surface area contributed by atoms with Crippen molar-refractivity contribution in [3.8, 4) is 0 Å². The lowest BCUT2D eigenvalue weighted by atomic mass is 9.75. The lowest BCUT2D eigenvalue weighted by Gasteiger charge is -2.45. The highest BCUT2D eigenvalue weighted by Crippen LogP contribution is 2.36. The molecule has 1 heterocycles. The monoisotopic (exact) mass is 558 g/mol. The van der Waals surface area contributed by atoms with Gasteiger partial charge in [-0.2, -0.15) is 0 Å². The van der Waals surface area contributed by atoms with Crippen molar-refractivity contribution in [3.05, 3.63) is 63.6 Å². The van der Waals surface area contributed by atoms with Gasteiger partial charge >= 0.3 is 0 Å². The zero-order valence-electron chi connectivity index (χ0n) is 22.8. The van der Waals surface area contributed by atoms with Crippen molar-refractivity contribution in [2.45, 2.75) is 63.5 Å². The summed E-state index contributed by atoms with van der Waals surface area (Å²) in [5.41, 5.74) is 3.62. The molecular formula is C30H40Cl2N4O2. The van der Waals surface area contributed by atoms with Crippen molar-refractivity contribution in [2.75, 3.05) is 45.2 Å². The van der Waals surface area contributed by atoms with E-state index in [1.165, 1.54) is 11.1 Å². The van der Waals surface area contributed by atoms with Crippen molar-refractivity contribution < 1.29 is 9.59 Å². The van der Waals surface area contributed by atoms with Crippen LogP contribution in [0.5, 0.6) is 0 Å². The number of nitrogens with zero attached hydrogens (tertiary/aromatic N) is 3. The van der Waals surface area contributed by atoms with Gasteiger partial charge in [0.2, 0.25) is 11.8 Å². The predicted molar refractivity (Wildman–Crippen MR) is 156 cm³/mol. The van der Waals surface area contributed by atoms with Crippen LogP contribution in [-0.4, -0.2) is 73.5 Å². The van der Waals surface area contributed by atoms with Crippen LogP contribution in [-0.2, 0) is 16.0 Å². The first kappa shape index (κ1) is 28.7. The highest BCUT2D eigenvalue weighted by atomic mass is 35.5. The van der Waals surface area contributed by atoms with E-state index in [0.717, 1.165) is 60.9 Å². The average molecular weight is 560 g/mol. The molecule has 0 radical (unpaired) electrons. The van der Waals surface area contributed by atoms with Crippen LogP contribution in [0.1, 0.15) is 49.7 Å². The number of piperazine rings is 1. The van der Waals surface area contributed by atoms with Gasteiger partial charge in [0.25, 0.3) is 0 Å². The molecule has 0 atom stereocenters. The Balaban J connectivity index is 1.20. The van der Waals surface area contributed by atoms with E-state index in [4.69, 9.17) is 23.2 Å². The molecule has 4 rings (SSSR count). The Morgan fingerprint density at radius 1 is 0.974 bits per heavy atom. The molecule has 1 saturated carbocycles. The van der Waals surface area contributed by atoms with Crippen LogP contribution in [0.25, 0.3) is 0 Å². The molecule has 2 aromatic rings. The fourth-order valence-corrected chi connectivity index (χ4v) is 6.29. The fourth-order valence-electron chi connectivity index (χ4n) is 5.91.